The second-order valence-electron chi connectivity index (χ2n) is 6.52. The maximum absolute atomic E-state index is 6.01. The summed E-state index contributed by atoms with van der Waals surface area (Å²) in [6.45, 7) is 11.4. The van der Waals surface area contributed by atoms with Crippen molar-refractivity contribution >= 4 is 5.69 Å². The number of hydrogen-bond donors (Lipinski definition) is 0. The van der Waals surface area contributed by atoms with E-state index in [2.05, 4.69) is 75.7 Å². The van der Waals surface area contributed by atoms with Gasteiger partial charge in [0.15, 0.2) is 0 Å². The van der Waals surface area contributed by atoms with E-state index >= 15 is 0 Å². The van der Waals surface area contributed by atoms with E-state index in [-0.39, 0.29) is 5.41 Å². The summed E-state index contributed by atoms with van der Waals surface area (Å²) in [6, 6.07) is 14.7. The molecule has 22 heavy (non-hydrogen) atoms. The van der Waals surface area contributed by atoms with Crippen LogP contribution in [0.5, 0.6) is 5.75 Å². The van der Waals surface area contributed by atoms with Crippen LogP contribution >= 0.6 is 0 Å². The van der Waals surface area contributed by atoms with Crippen molar-refractivity contribution in [3.05, 3.63) is 71.4 Å². The van der Waals surface area contributed by atoms with Gasteiger partial charge < -0.3 is 9.64 Å². The Labute approximate surface area is 133 Å². The maximum Gasteiger partial charge on any atom is 0.120 e. The molecule has 1 heterocycles. The van der Waals surface area contributed by atoms with E-state index in [4.69, 9.17) is 4.74 Å². The lowest BCUT2D eigenvalue weighted by molar-refractivity contribution is 0.305. The van der Waals surface area contributed by atoms with Crippen LogP contribution in [0, 0.1) is 6.92 Å². The fourth-order valence-corrected chi connectivity index (χ4v) is 3.05. The predicted molar refractivity (Wildman–Crippen MR) is 92.5 cm³/mol. The number of fused-ring (bicyclic) bond motifs is 1. The topological polar surface area (TPSA) is 12.5 Å². The Morgan fingerprint density at radius 2 is 1.86 bits per heavy atom. The highest BCUT2D eigenvalue weighted by atomic mass is 16.5. The molecule has 0 spiro atoms. The van der Waals surface area contributed by atoms with Gasteiger partial charge in [-0.2, -0.15) is 0 Å². The van der Waals surface area contributed by atoms with Gasteiger partial charge in [-0.1, -0.05) is 44.7 Å². The molecule has 2 heteroatoms. The molecule has 0 unspecified atom stereocenters. The second kappa shape index (κ2) is 5.20. The number of aryl methyl sites for hydroxylation is 1. The number of ether oxygens (including phenoxy) is 1. The van der Waals surface area contributed by atoms with E-state index < -0.39 is 0 Å². The Morgan fingerprint density at radius 1 is 1.14 bits per heavy atom. The smallest absolute Gasteiger partial charge is 0.120 e. The summed E-state index contributed by atoms with van der Waals surface area (Å²) in [7, 11) is 2.07. The fraction of sp³-hybridized carbons (Fsp3) is 0.300. The summed E-state index contributed by atoms with van der Waals surface area (Å²) in [4.78, 5) is 2.17. The van der Waals surface area contributed by atoms with Gasteiger partial charge >= 0.3 is 0 Å². The normalized spacial score (nSPS) is 15.8. The first-order valence-corrected chi connectivity index (χ1v) is 7.66. The van der Waals surface area contributed by atoms with Crippen molar-refractivity contribution in [3.8, 4) is 5.75 Å². The van der Waals surface area contributed by atoms with Gasteiger partial charge in [0.05, 0.1) is 0 Å². The standard InChI is InChI=1S/C20H23NO/c1-14-8-6-7-9-16(14)13-22-17-10-11-19-18(12-17)20(3,4)15(2)21(19)5/h6-12H,2,13H2,1,3-5H3. The third-order valence-corrected chi connectivity index (χ3v) is 4.78. The van der Waals surface area contributed by atoms with Crippen molar-refractivity contribution in [1.29, 1.82) is 0 Å². The van der Waals surface area contributed by atoms with E-state index in [9.17, 15) is 0 Å². The van der Waals surface area contributed by atoms with Gasteiger partial charge in [0.2, 0.25) is 0 Å². The van der Waals surface area contributed by atoms with E-state index in [1.807, 2.05) is 6.07 Å². The number of benzene rings is 2. The molecule has 0 aromatic heterocycles. The lowest BCUT2D eigenvalue weighted by atomic mass is 9.84. The zero-order chi connectivity index (χ0) is 15.9. The molecule has 2 aromatic rings. The zero-order valence-electron chi connectivity index (χ0n) is 13.8. The fourth-order valence-electron chi connectivity index (χ4n) is 3.05. The lowest BCUT2D eigenvalue weighted by Crippen LogP contribution is -2.21. The minimum atomic E-state index is -0.0495. The molecule has 0 atom stereocenters. The molecule has 0 bridgehead atoms. The highest BCUT2D eigenvalue weighted by Crippen LogP contribution is 2.47. The molecule has 0 fully saturated rings. The van der Waals surface area contributed by atoms with Gasteiger partial charge in [0.1, 0.15) is 12.4 Å². The quantitative estimate of drug-likeness (QED) is 0.805. The molecular weight excluding hydrogens is 270 g/mol. The van der Waals surface area contributed by atoms with E-state index in [1.165, 1.54) is 22.4 Å². The van der Waals surface area contributed by atoms with Crippen molar-refractivity contribution in [2.24, 2.45) is 0 Å². The molecule has 0 N–H and O–H groups in total. The summed E-state index contributed by atoms with van der Waals surface area (Å²) in [5.41, 5.74) is 6.06. The Kier molecular flexibility index (Phi) is 3.48. The highest BCUT2D eigenvalue weighted by molar-refractivity contribution is 5.70. The SMILES string of the molecule is C=C1N(C)c2ccc(OCc3ccccc3C)cc2C1(C)C. The average Bonchev–Trinajstić information content (AvgIpc) is 2.68. The van der Waals surface area contributed by atoms with Crippen molar-refractivity contribution < 1.29 is 4.74 Å². The summed E-state index contributed by atoms with van der Waals surface area (Å²) < 4.78 is 6.01. The first kappa shape index (κ1) is 14.7. The van der Waals surface area contributed by atoms with Crippen LogP contribution < -0.4 is 9.64 Å². The lowest BCUT2D eigenvalue weighted by Gasteiger charge is -2.22. The van der Waals surface area contributed by atoms with Gasteiger partial charge in [-0.25, -0.2) is 0 Å². The summed E-state index contributed by atoms with van der Waals surface area (Å²) in [5, 5.41) is 0. The average molecular weight is 293 g/mol. The molecular formula is C20H23NO. The molecule has 1 aliphatic rings. The second-order valence-corrected chi connectivity index (χ2v) is 6.52. The van der Waals surface area contributed by atoms with Gasteiger partial charge in [-0.3, -0.25) is 0 Å². The number of likely N-dealkylation sites (N-methyl/N-ethyl adjacent to an activating group) is 1. The third kappa shape index (κ3) is 2.29. The van der Waals surface area contributed by atoms with Crippen LogP contribution in [0.1, 0.15) is 30.5 Å². The summed E-state index contributed by atoms with van der Waals surface area (Å²) in [6.07, 6.45) is 0. The number of anilines is 1. The Hall–Kier alpha value is -2.22. The zero-order valence-corrected chi connectivity index (χ0v) is 13.8. The molecule has 3 rings (SSSR count). The largest absolute Gasteiger partial charge is 0.489 e. The summed E-state index contributed by atoms with van der Waals surface area (Å²) >= 11 is 0. The predicted octanol–water partition coefficient (Wildman–Crippen LogP) is 4.82. The van der Waals surface area contributed by atoms with Crippen LogP contribution in [0.3, 0.4) is 0 Å². The Morgan fingerprint density at radius 3 is 2.59 bits per heavy atom. The number of nitrogens with zero attached hydrogens (tertiary/aromatic N) is 1. The van der Waals surface area contributed by atoms with Crippen LogP contribution in [0.15, 0.2) is 54.7 Å². The van der Waals surface area contributed by atoms with Gasteiger partial charge in [0.25, 0.3) is 0 Å². The Bertz CT molecular complexity index is 730. The third-order valence-electron chi connectivity index (χ3n) is 4.78. The van der Waals surface area contributed by atoms with Crippen LogP contribution in [0.2, 0.25) is 0 Å². The van der Waals surface area contributed by atoms with Gasteiger partial charge in [-0.15, -0.1) is 0 Å². The molecule has 0 amide bonds. The van der Waals surface area contributed by atoms with Crippen LogP contribution in [0.25, 0.3) is 0 Å². The highest BCUT2D eigenvalue weighted by Gasteiger charge is 2.37. The molecule has 2 nitrogen and oxygen atoms in total. The molecule has 0 aliphatic carbocycles. The first-order chi connectivity index (χ1) is 10.4. The number of rotatable bonds is 3. The monoisotopic (exact) mass is 293 g/mol. The van der Waals surface area contributed by atoms with Crippen molar-refractivity contribution in [2.75, 3.05) is 11.9 Å². The number of hydrogen-bond acceptors (Lipinski definition) is 2. The molecule has 114 valence electrons. The minimum Gasteiger partial charge on any atom is -0.489 e. The van der Waals surface area contributed by atoms with Gasteiger partial charge in [0, 0.05) is 23.8 Å². The number of allylic oxidation sites excluding steroid dienone is 1. The molecule has 0 saturated heterocycles. The molecule has 0 saturated carbocycles. The molecule has 1 aliphatic heterocycles. The van der Waals surface area contributed by atoms with Crippen LogP contribution in [-0.2, 0) is 12.0 Å². The van der Waals surface area contributed by atoms with Crippen molar-refractivity contribution in [1.82, 2.24) is 0 Å². The van der Waals surface area contributed by atoms with Crippen LogP contribution in [0.4, 0.5) is 5.69 Å². The van der Waals surface area contributed by atoms with Crippen LogP contribution in [-0.4, -0.2) is 7.05 Å². The summed E-state index contributed by atoms with van der Waals surface area (Å²) in [5.74, 6) is 0.915. The van der Waals surface area contributed by atoms with Gasteiger partial charge in [-0.05, 0) is 41.8 Å². The van der Waals surface area contributed by atoms with E-state index in [1.54, 1.807) is 0 Å². The first-order valence-electron chi connectivity index (χ1n) is 7.66. The molecule has 0 radical (unpaired) electrons. The minimum absolute atomic E-state index is 0.0495. The van der Waals surface area contributed by atoms with E-state index in [0.29, 0.717) is 6.61 Å². The van der Waals surface area contributed by atoms with Crippen molar-refractivity contribution in [2.45, 2.75) is 32.8 Å². The van der Waals surface area contributed by atoms with Crippen molar-refractivity contribution in [3.63, 3.8) is 0 Å². The maximum atomic E-state index is 6.01. The Balaban J connectivity index is 1.85. The molecule has 2 aromatic carbocycles. The van der Waals surface area contributed by atoms with E-state index in [0.717, 1.165) is 11.4 Å².